The summed E-state index contributed by atoms with van der Waals surface area (Å²) in [7, 11) is 0. The summed E-state index contributed by atoms with van der Waals surface area (Å²) in [6, 6.07) is 9.40. The Morgan fingerprint density at radius 3 is 2.50 bits per heavy atom. The summed E-state index contributed by atoms with van der Waals surface area (Å²) in [6.45, 7) is 2.03. The number of carbonyl (C=O) groups excluding carboxylic acids is 1. The summed E-state index contributed by atoms with van der Waals surface area (Å²) in [5.74, 6) is 1.22. The van der Waals surface area contributed by atoms with Gasteiger partial charge >= 0.3 is 0 Å². The van der Waals surface area contributed by atoms with E-state index in [-0.39, 0.29) is 18.0 Å². The monoisotopic (exact) mass is 405 g/mol. The van der Waals surface area contributed by atoms with Gasteiger partial charge < -0.3 is 20.9 Å². The minimum atomic E-state index is 0.00960. The number of hydrogen-bond donors (Lipinski definition) is 4. The minimum Gasteiger partial charge on any atom is -0.352 e. The third-order valence-corrected chi connectivity index (χ3v) is 6.69. The van der Waals surface area contributed by atoms with Crippen molar-refractivity contribution in [3.8, 4) is 11.3 Å². The highest BCUT2D eigenvalue weighted by molar-refractivity contribution is 5.82. The average Bonchev–Trinajstić information content (AvgIpc) is 3.57. The Morgan fingerprint density at radius 2 is 1.80 bits per heavy atom. The first-order valence-electron chi connectivity index (χ1n) is 11.4. The van der Waals surface area contributed by atoms with E-state index in [0.29, 0.717) is 6.04 Å². The van der Waals surface area contributed by atoms with E-state index in [1.807, 2.05) is 6.20 Å². The van der Waals surface area contributed by atoms with Gasteiger partial charge in [0.05, 0.1) is 24.0 Å². The van der Waals surface area contributed by atoms with E-state index in [0.717, 1.165) is 63.1 Å². The van der Waals surface area contributed by atoms with Crippen LogP contribution < -0.4 is 16.0 Å². The Labute approximate surface area is 177 Å². The van der Waals surface area contributed by atoms with E-state index in [2.05, 4.69) is 56.3 Å². The zero-order chi connectivity index (χ0) is 20.3. The van der Waals surface area contributed by atoms with E-state index in [1.54, 1.807) is 0 Å². The first kappa shape index (κ1) is 19.5. The molecule has 2 saturated heterocycles. The van der Waals surface area contributed by atoms with Crippen LogP contribution in [0.25, 0.3) is 16.8 Å². The Morgan fingerprint density at radius 1 is 1.00 bits per heavy atom. The van der Waals surface area contributed by atoms with Crippen LogP contribution in [0.4, 0.5) is 0 Å². The molecule has 30 heavy (non-hydrogen) atoms. The van der Waals surface area contributed by atoms with Gasteiger partial charge in [-0.1, -0.05) is 30.3 Å². The molecular formula is C24H31N5O. The molecule has 1 amide bonds. The molecule has 2 aromatic rings. The maximum absolute atomic E-state index is 12.3. The predicted octanol–water partition coefficient (Wildman–Crippen LogP) is 3.31. The van der Waals surface area contributed by atoms with Crippen molar-refractivity contribution in [1.82, 2.24) is 25.9 Å². The second-order valence-corrected chi connectivity index (χ2v) is 8.77. The zero-order valence-electron chi connectivity index (χ0n) is 17.4. The van der Waals surface area contributed by atoms with Gasteiger partial charge in [-0.05, 0) is 74.7 Å². The highest BCUT2D eigenvalue weighted by Crippen LogP contribution is 2.29. The zero-order valence-corrected chi connectivity index (χ0v) is 17.4. The molecule has 0 saturated carbocycles. The number of nitrogens with one attached hydrogen (secondary N) is 4. The molecule has 6 heteroatoms. The van der Waals surface area contributed by atoms with Crippen LogP contribution in [0.2, 0.25) is 0 Å². The Bertz CT molecular complexity index is 904. The summed E-state index contributed by atoms with van der Waals surface area (Å²) in [5.41, 5.74) is 4.90. The lowest BCUT2D eigenvalue weighted by molar-refractivity contribution is -0.123. The lowest BCUT2D eigenvalue weighted by Crippen LogP contribution is -2.45. The standard InChI is InChI=1S/C24H31N5O/c30-24(21-4-2-14-26-21)28-19-11-9-17(10-12-19)16-5-7-18(8-6-16)22-15-27-23(29-22)20-3-1-13-25-20/h5-9,15,19-21,25-26H,1-4,10-14H2,(H,27,29)(H,28,30). The maximum Gasteiger partial charge on any atom is 0.237 e. The number of carbonyl (C=O) groups is 1. The predicted molar refractivity (Wildman–Crippen MR) is 119 cm³/mol. The van der Waals surface area contributed by atoms with Crippen molar-refractivity contribution in [2.24, 2.45) is 0 Å². The second-order valence-electron chi connectivity index (χ2n) is 8.77. The van der Waals surface area contributed by atoms with Gasteiger partial charge in [0.25, 0.3) is 0 Å². The van der Waals surface area contributed by atoms with E-state index < -0.39 is 0 Å². The highest BCUT2D eigenvalue weighted by atomic mass is 16.2. The van der Waals surface area contributed by atoms with Crippen molar-refractivity contribution in [3.63, 3.8) is 0 Å². The number of nitrogens with zero attached hydrogens (tertiary/aromatic N) is 1. The molecule has 6 nitrogen and oxygen atoms in total. The van der Waals surface area contributed by atoms with E-state index in [9.17, 15) is 4.79 Å². The lowest BCUT2D eigenvalue weighted by atomic mass is 9.90. The van der Waals surface area contributed by atoms with Crippen LogP contribution in [0.1, 0.15) is 62.4 Å². The number of aromatic nitrogens is 2. The molecule has 3 aliphatic rings. The fourth-order valence-electron chi connectivity index (χ4n) is 4.88. The maximum atomic E-state index is 12.3. The molecule has 1 aromatic heterocycles. The molecule has 3 heterocycles. The molecule has 2 aliphatic heterocycles. The van der Waals surface area contributed by atoms with Crippen LogP contribution in [0.15, 0.2) is 36.5 Å². The average molecular weight is 406 g/mol. The first-order valence-corrected chi connectivity index (χ1v) is 11.4. The van der Waals surface area contributed by atoms with Crippen LogP contribution >= 0.6 is 0 Å². The quantitative estimate of drug-likeness (QED) is 0.615. The number of hydrogen-bond acceptors (Lipinski definition) is 4. The summed E-state index contributed by atoms with van der Waals surface area (Å²) >= 11 is 0. The Kier molecular flexibility index (Phi) is 5.69. The van der Waals surface area contributed by atoms with Gasteiger partial charge in [-0.2, -0.15) is 0 Å². The summed E-state index contributed by atoms with van der Waals surface area (Å²) < 4.78 is 0. The van der Waals surface area contributed by atoms with Gasteiger partial charge in [0.1, 0.15) is 5.82 Å². The molecule has 3 atom stereocenters. The van der Waals surface area contributed by atoms with Crippen molar-refractivity contribution in [2.75, 3.05) is 13.1 Å². The van der Waals surface area contributed by atoms with Gasteiger partial charge in [-0.15, -0.1) is 0 Å². The van der Waals surface area contributed by atoms with Crippen LogP contribution in [-0.4, -0.2) is 41.0 Å². The number of rotatable bonds is 5. The molecular weight excluding hydrogens is 374 g/mol. The number of benzene rings is 1. The molecule has 158 valence electrons. The van der Waals surface area contributed by atoms with Crippen LogP contribution in [0.3, 0.4) is 0 Å². The molecule has 0 radical (unpaired) electrons. The van der Waals surface area contributed by atoms with Crippen LogP contribution in [0, 0.1) is 0 Å². The third kappa shape index (κ3) is 4.20. The van der Waals surface area contributed by atoms with Crippen molar-refractivity contribution in [1.29, 1.82) is 0 Å². The molecule has 5 rings (SSSR count). The van der Waals surface area contributed by atoms with Gasteiger partial charge in [0.15, 0.2) is 0 Å². The van der Waals surface area contributed by atoms with Crippen molar-refractivity contribution in [3.05, 3.63) is 47.9 Å². The highest BCUT2D eigenvalue weighted by Gasteiger charge is 2.25. The molecule has 3 unspecified atom stereocenters. The van der Waals surface area contributed by atoms with Crippen molar-refractivity contribution in [2.45, 2.75) is 63.1 Å². The second kappa shape index (κ2) is 8.74. The SMILES string of the molecule is O=C(NC1CC=C(c2ccc(-c3cnc(C4CCCN4)[nH]3)cc2)CC1)C1CCCN1. The van der Waals surface area contributed by atoms with Gasteiger partial charge in [0.2, 0.25) is 5.91 Å². The summed E-state index contributed by atoms with van der Waals surface area (Å²) in [5, 5.41) is 10.00. The molecule has 1 aromatic carbocycles. The Balaban J connectivity index is 1.19. The smallest absolute Gasteiger partial charge is 0.237 e. The number of imidazole rings is 1. The van der Waals surface area contributed by atoms with Gasteiger partial charge in [-0.3, -0.25) is 4.79 Å². The van der Waals surface area contributed by atoms with Crippen molar-refractivity contribution >= 4 is 11.5 Å². The molecule has 4 N–H and O–H groups in total. The topological polar surface area (TPSA) is 81.8 Å². The molecule has 2 fully saturated rings. The summed E-state index contributed by atoms with van der Waals surface area (Å²) in [6.07, 6.45) is 11.6. The van der Waals surface area contributed by atoms with Crippen molar-refractivity contribution < 1.29 is 4.79 Å². The van der Waals surface area contributed by atoms with Gasteiger partial charge in [0, 0.05) is 6.04 Å². The minimum absolute atomic E-state index is 0.00960. The first-order chi connectivity index (χ1) is 14.8. The van der Waals surface area contributed by atoms with Gasteiger partial charge in [-0.25, -0.2) is 4.98 Å². The molecule has 0 bridgehead atoms. The van der Waals surface area contributed by atoms with E-state index in [4.69, 9.17) is 0 Å². The van der Waals surface area contributed by atoms with Crippen LogP contribution in [0.5, 0.6) is 0 Å². The van der Waals surface area contributed by atoms with Crippen LogP contribution in [-0.2, 0) is 4.79 Å². The summed E-state index contributed by atoms with van der Waals surface area (Å²) in [4.78, 5) is 20.4. The molecule has 0 spiro atoms. The fraction of sp³-hybridized carbons (Fsp3) is 0.500. The normalized spacial score (nSPS) is 26.5. The number of aromatic amines is 1. The Hall–Kier alpha value is -2.44. The lowest BCUT2D eigenvalue weighted by Gasteiger charge is -2.24. The van der Waals surface area contributed by atoms with E-state index >= 15 is 0 Å². The number of H-pyrrole nitrogens is 1. The number of amides is 1. The number of allylic oxidation sites excluding steroid dienone is 1. The van der Waals surface area contributed by atoms with E-state index in [1.165, 1.54) is 23.1 Å². The third-order valence-electron chi connectivity index (χ3n) is 6.69. The largest absolute Gasteiger partial charge is 0.352 e. The molecule has 1 aliphatic carbocycles. The fourth-order valence-corrected chi connectivity index (χ4v) is 4.88.